The van der Waals surface area contributed by atoms with Gasteiger partial charge in [-0.25, -0.2) is 4.39 Å². The summed E-state index contributed by atoms with van der Waals surface area (Å²) < 4.78 is 18.3. The van der Waals surface area contributed by atoms with E-state index in [0.717, 1.165) is 16.4 Å². The summed E-state index contributed by atoms with van der Waals surface area (Å²) in [6.45, 7) is 2.89. The van der Waals surface area contributed by atoms with Crippen LogP contribution in [-0.4, -0.2) is 21.4 Å². The second-order valence-corrected chi connectivity index (χ2v) is 6.76. The predicted octanol–water partition coefficient (Wildman–Crippen LogP) is 3.18. The first-order valence-corrected chi connectivity index (χ1v) is 8.72. The van der Waals surface area contributed by atoms with Gasteiger partial charge in [-0.2, -0.15) is 9.78 Å². The van der Waals surface area contributed by atoms with Crippen molar-refractivity contribution < 1.29 is 9.29 Å². The van der Waals surface area contributed by atoms with Gasteiger partial charge in [-0.3, -0.25) is 4.57 Å². The summed E-state index contributed by atoms with van der Waals surface area (Å²) in [4.78, 5) is 1.03. The first kappa shape index (κ1) is 17.8. The lowest BCUT2D eigenvalue weighted by molar-refractivity contribution is -0.917. The van der Waals surface area contributed by atoms with Crippen molar-refractivity contribution in [1.82, 2.24) is 14.3 Å². The molecule has 7 heteroatoms. The Labute approximate surface area is 156 Å². The zero-order valence-corrected chi connectivity index (χ0v) is 15.6. The number of rotatable bonds is 5. The van der Waals surface area contributed by atoms with Crippen LogP contribution in [0.25, 0.3) is 5.69 Å². The fraction of sp³-hybridized carbons (Fsp3) is 0.222. The molecule has 3 aromatic rings. The molecule has 3 rings (SSSR count). The second-order valence-electron chi connectivity index (χ2n) is 5.99. The molecule has 0 aliphatic carbocycles. The van der Waals surface area contributed by atoms with Crippen LogP contribution in [0.3, 0.4) is 0 Å². The Morgan fingerprint density at radius 2 is 1.88 bits per heavy atom. The molecule has 0 aliphatic rings. The zero-order valence-electron chi connectivity index (χ0n) is 14.0. The first-order chi connectivity index (χ1) is 12.0. The molecule has 0 amide bonds. The summed E-state index contributed by atoms with van der Waals surface area (Å²) in [7, 11) is 1.96. The Morgan fingerprint density at radius 1 is 1.16 bits per heavy atom. The third-order valence-electron chi connectivity index (χ3n) is 3.98. The van der Waals surface area contributed by atoms with Crippen molar-refractivity contribution in [3.05, 3.63) is 75.5 Å². The highest BCUT2D eigenvalue weighted by Gasteiger charge is 2.15. The lowest BCUT2D eigenvalue weighted by Crippen LogP contribution is -3.07. The fourth-order valence-corrected chi connectivity index (χ4v) is 3.38. The zero-order chi connectivity index (χ0) is 18.0. The number of benzene rings is 2. The number of nitrogens with one attached hydrogen (secondary N) is 1. The van der Waals surface area contributed by atoms with Crippen LogP contribution in [0.2, 0.25) is 5.02 Å². The summed E-state index contributed by atoms with van der Waals surface area (Å²) in [5, 5.41) is 4.98. The molecular formula is C18H19ClFN4S+. The van der Waals surface area contributed by atoms with Gasteiger partial charge in [0.05, 0.1) is 17.6 Å². The van der Waals surface area contributed by atoms with E-state index in [1.54, 1.807) is 16.8 Å². The number of halogens is 2. The summed E-state index contributed by atoms with van der Waals surface area (Å²) in [6.07, 6.45) is 0. The van der Waals surface area contributed by atoms with Crippen molar-refractivity contribution in [2.75, 3.05) is 7.05 Å². The first-order valence-electron chi connectivity index (χ1n) is 7.93. The molecule has 0 spiro atoms. The van der Waals surface area contributed by atoms with E-state index in [1.807, 2.05) is 48.9 Å². The third-order valence-corrected chi connectivity index (χ3v) is 4.72. The van der Waals surface area contributed by atoms with Crippen molar-refractivity contribution in [1.29, 1.82) is 0 Å². The molecule has 4 nitrogen and oxygen atoms in total. The molecule has 1 N–H and O–H groups in total. The van der Waals surface area contributed by atoms with E-state index in [2.05, 4.69) is 5.10 Å². The monoisotopic (exact) mass is 377 g/mol. The quantitative estimate of drug-likeness (QED) is 0.691. The minimum atomic E-state index is -0.290. The molecular weight excluding hydrogens is 359 g/mol. The number of aromatic nitrogens is 3. The molecule has 130 valence electrons. The van der Waals surface area contributed by atoms with Gasteiger partial charge in [-0.1, -0.05) is 35.9 Å². The summed E-state index contributed by atoms with van der Waals surface area (Å²) in [5.41, 5.74) is 1.48. The average molecular weight is 378 g/mol. The van der Waals surface area contributed by atoms with E-state index in [4.69, 9.17) is 23.8 Å². The molecule has 1 heterocycles. The van der Waals surface area contributed by atoms with Gasteiger partial charge in [0, 0.05) is 5.69 Å². The van der Waals surface area contributed by atoms with E-state index >= 15 is 0 Å². The van der Waals surface area contributed by atoms with Crippen LogP contribution in [0, 0.1) is 17.5 Å². The van der Waals surface area contributed by atoms with Gasteiger partial charge in [-0.15, -0.1) is 0 Å². The normalized spacial score (nSPS) is 12.3. The van der Waals surface area contributed by atoms with Gasteiger partial charge in [0.25, 0.3) is 0 Å². The highest BCUT2D eigenvalue weighted by atomic mass is 35.5. The van der Waals surface area contributed by atoms with E-state index in [0.29, 0.717) is 28.6 Å². The lowest BCUT2D eigenvalue weighted by Gasteiger charge is -2.15. The maximum atomic E-state index is 14.0. The van der Waals surface area contributed by atoms with Gasteiger partial charge in [-0.05, 0) is 43.4 Å². The van der Waals surface area contributed by atoms with E-state index in [9.17, 15) is 4.39 Å². The van der Waals surface area contributed by atoms with E-state index < -0.39 is 0 Å². The molecule has 25 heavy (non-hydrogen) atoms. The van der Waals surface area contributed by atoms with Crippen LogP contribution in [0.1, 0.15) is 11.4 Å². The molecule has 0 saturated carbocycles. The molecule has 0 radical (unpaired) electrons. The van der Waals surface area contributed by atoms with Gasteiger partial charge in [0.1, 0.15) is 18.2 Å². The highest BCUT2D eigenvalue weighted by Crippen LogP contribution is 2.17. The molecule has 0 bridgehead atoms. The predicted molar refractivity (Wildman–Crippen MR) is 99.1 cm³/mol. The van der Waals surface area contributed by atoms with Crippen LogP contribution >= 0.6 is 23.8 Å². The molecule has 1 atom stereocenters. The minimum absolute atomic E-state index is 0.290. The van der Waals surface area contributed by atoms with Crippen LogP contribution in [0.15, 0.2) is 48.5 Å². The largest absolute Gasteiger partial charge is 0.315 e. The van der Waals surface area contributed by atoms with Gasteiger partial charge in [0.2, 0.25) is 4.77 Å². The molecule has 2 aromatic carbocycles. The number of aryl methyl sites for hydroxylation is 1. The Balaban J connectivity index is 1.83. The molecule has 1 unspecified atom stereocenters. The number of quaternary nitrogens is 1. The van der Waals surface area contributed by atoms with E-state index in [1.165, 1.54) is 6.07 Å². The Hall–Kier alpha value is -2.02. The van der Waals surface area contributed by atoms with Gasteiger partial charge < -0.3 is 4.90 Å². The maximum Gasteiger partial charge on any atom is 0.207 e. The van der Waals surface area contributed by atoms with Crippen LogP contribution in [-0.2, 0) is 13.2 Å². The average Bonchev–Trinajstić information content (AvgIpc) is 2.85. The lowest BCUT2D eigenvalue weighted by atomic mass is 10.2. The number of para-hydroxylation sites is 1. The second kappa shape index (κ2) is 7.47. The maximum absolute atomic E-state index is 14.0. The van der Waals surface area contributed by atoms with Crippen molar-refractivity contribution in [3.63, 3.8) is 0 Å². The number of hydrogen-bond acceptors (Lipinski definition) is 2. The molecule has 1 aromatic heterocycles. The molecule has 0 saturated heterocycles. The van der Waals surface area contributed by atoms with E-state index in [-0.39, 0.29) is 5.82 Å². The van der Waals surface area contributed by atoms with Crippen molar-refractivity contribution >= 4 is 23.8 Å². The topological polar surface area (TPSA) is 27.2 Å². The molecule has 0 fully saturated rings. The minimum Gasteiger partial charge on any atom is -0.315 e. The van der Waals surface area contributed by atoms with Crippen LogP contribution in [0.4, 0.5) is 4.39 Å². The van der Waals surface area contributed by atoms with Gasteiger partial charge in [0.15, 0.2) is 6.67 Å². The van der Waals surface area contributed by atoms with Crippen LogP contribution in [0.5, 0.6) is 0 Å². The van der Waals surface area contributed by atoms with Crippen molar-refractivity contribution in [2.45, 2.75) is 20.1 Å². The molecule has 0 aliphatic heterocycles. The summed E-state index contributed by atoms with van der Waals surface area (Å²) >= 11 is 11.7. The fourth-order valence-electron chi connectivity index (χ4n) is 2.81. The number of hydrogen-bond donors (Lipinski definition) is 1. The van der Waals surface area contributed by atoms with Crippen LogP contribution < -0.4 is 4.90 Å². The van der Waals surface area contributed by atoms with Gasteiger partial charge >= 0.3 is 0 Å². The Kier molecular flexibility index (Phi) is 5.32. The highest BCUT2D eigenvalue weighted by molar-refractivity contribution is 7.71. The smallest absolute Gasteiger partial charge is 0.207 e. The standard InChI is InChI=1S/C18H18ClFN4S/c1-13-21-23(18(25)24(13)14-7-4-3-5-8-14)12-22(2)11-15-16(19)9-6-10-17(15)20/h3-10H,11-12H2,1-2H3/p+1. The summed E-state index contributed by atoms with van der Waals surface area (Å²) in [5.74, 6) is 0.523. The number of nitrogens with zero attached hydrogens (tertiary/aromatic N) is 3. The van der Waals surface area contributed by atoms with Crippen molar-refractivity contribution in [3.8, 4) is 5.69 Å². The Morgan fingerprint density at radius 3 is 2.56 bits per heavy atom. The third kappa shape index (κ3) is 3.81. The SMILES string of the molecule is Cc1nn(C[NH+](C)Cc2c(F)cccc2Cl)c(=S)n1-c1ccccc1. The van der Waals surface area contributed by atoms with Crippen molar-refractivity contribution in [2.24, 2.45) is 0 Å². The Bertz CT molecular complexity index is 916. The summed E-state index contributed by atoms with van der Waals surface area (Å²) in [6, 6.07) is 14.6.